The highest BCUT2D eigenvalue weighted by Gasteiger charge is 2.31. The van der Waals surface area contributed by atoms with Crippen molar-refractivity contribution in [3.8, 4) is 5.75 Å². The number of piperazine rings is 1. The number of alkyl halides is 3. The molecular weight excluding hydrogens is 372 g/mol. The minimum Gasteiger partial charge on any atom is -0.406 e. The molecule has 0 radical (unpaired) electrons. The Bertz CT molecular complexity index is 746. The fourth-order valence-corrected chi connectivity index (χ4v) is 3.37. The maximum atomic E-state index is 13.4. The molecule has 8 heteroatoms. The van der Waals surface area contributed by atoms with Crippen LogP contribution < -0.4 is 10.1 Å². The molecule has 1 saturated heterocycles. The zero-order chi connectivity index (χ0) is 18.7. The first-order chi connectivity index (χ1) is 12.3. The third-order valence-corrected chi connectivity index (χ3v) is 4.53. The van der Waals surface area contributed by atoms with Crippen LogP contribution in [-0.2, 0) is 0 Å². The smallest absolute Gasteiger partial charge is 0.406 e. The summed E-state index contributed by atoms with van der Waals surface area (Å²) in [5.41, 5.74) is 1.47. The van der Waals surface area contributed by atoms with Crippen molar-refractivity contribution < 1.29 is 22.3 Å². The molecular formula is C18H17ClF4N2O. The van der Waals surface area contributed by atoms with Crippen molar-refractivity contribution in [1.29, 1.82) is 0 Å². The van der Waals surface area contributed by atoms with E-state index in [1.54, 1.807) is 18.2 Å². The van der Waals surface area contributed by atoms with Gasteiger partial charge >= 0.3 is 6.36 Å². The number of hydrogen-bond acceptors (Lipinski definition) is 3. The highest BCUT2D eigenvalue weighted by Crippen LogP contribution is 2.35. The topological polar surface area (TPSA) is 24.5 Å². The molecule has 0 unspecified atom stereocenters. The number of hydrogen-bond donors (Lipinski definition) is 1. The summed E-state index contributed by atoms with van der Waals surface area (Å²) in [6.07, 6.45) is -4.74. The number of nitrogens with one attached hydrogen (secondary N) is 1. The number of rotatable bonds is 4. The van der Waals surface area contributed by atoms with Crippen molar-refractivity contribution in [2.75, 3.05) is 26.2 Å². The van der Waals surface area contributed by atoms with Crippen LogP contribution in [0.15, 0.2) is 42.5 Å². The fourth-order valence-electron chi connectivity index (χ4n) is 3.10. The van der Waals surface area contributed by atoms with Gasteiger partial charge in [0.1, 0.15) is 11.6 Å². The maximum Gasteiger partial charge on any atom is 0.573 e. The monoisotopic (exact) mass is 388 g/mol. The molecule has 0 aliphatic carbocycles. The van der Waals surface area contributed by atoms with Gasteiger partial charge in [-0.15, -0.1) is 13.2 Å². The van der Waals surface area contributed by atoms with Gasteiger partial charge in [-0.3, -0.25) is 4.90 Å². The van der Waals surface area contributed by atoms with Gasteiger partial charge in [0, 0.05) is 31.2 Å². The summed E-state index contributed by atoms with van der Waals surface area (Å²) in [5, 5.41) is 3.53. The lowest BCUT2D eigenvalue weighted by Crippen LogP contribution is -2.45. The number of ether oxygens (including phenoxy) is 1. The van der Waals surface area contributed by atoms with Gasteiger partial charge in [0.25, 0.3) is 0 Å². The van der Waals surface area contributed by atoms with Crippen molar-refractivity contribution in [3.05, 3.63) is 64.4 Å². The van der Waals surface area contributed by atoms with E-state index in [1.807, 2.05) is 0 Å². The molecule has 140 valence electrons. The normalized spacial score (nSPS) is 17.1. The van der Waals surface area contributed by atoms with E-state index in [1.165, 1.54) is 24.3 Å². The first-order valence-electron chi connectivity index (χ1n) is 8.09. The molecule has 0 aromatic heterocycles. The van der Waals surface area contributed by atoms with Crippen molar-refractivity contribution in [2.24, 2.45) is 0 Å². The van der Waals surface area contributed by atoms with Gasteiger partial charge in [0.15, 0.2) is 0 Å². The van der Waals surface area contributed by atoms with Crippen LogP contribution in [0.5, 0.6) is 5.75 Å². The lowest BCUT2D eigenvalue weighted by molar-refractivity contribution is -0.274. The van der Waals surface area contributed by atoms with Crippen LogP contribution in [0.2, 0.25) is 5.02 Å². The average Bonchev–Trinajstić information content (AvgIpc) is 2.58. The van der Waals surface area contributed by atoms with E-state index in [4.69, 9.17) is 11.6 Å². The largest absolute Gasteiger partial charge is 0.573 e. The molecule has 0 amide bonds. The van der Waals surface area contributed by atoms with Gasteiger partial charge in [-0.05, 0) is 35.4 Å². The summed E-state index contributed by atoms with van der Waals surface area (Å²) < 4.78 is 54.4. The van der Waals surface area contributed by atoms with Crippen LogP contribution in [-0.4, -0.2) is 37.4 Å². The highest BCUT2D eigenvalue weighted by molar-refractivity contribution is 6.31. The van der Waals surface area contributed by atoms with Crippen molar-refractivity contribution in [3.63, 3.8) is 0 Å². The molecule has 26 heavy (non-hydrogen) atoms. The summed E-state index contributed by atoms with van der Waals surface area (Å²) in [7, 11) is 0. The number of benzene rings is 2. The van der Waals surface area contributed by atoms with Crippen molar-refractivity contribution in [2.45, 2.75) is 12.4 Å². The lowest BCUT2D eigenvalue weighted by atomic mass is 9.96. The van der Waals surface area contributed by atoms with E-state index in [2.05, 4.69) is 15.0 Å². The number of halogens is 5. The van der Waals surface area contributed by atoms with Crippen LogP contribution in [0, 0.1) is 5.82 Å². The molecule has 3 rings (SSSR count). The van der Waals surface area contributed by atoms with E-state index < -0.39 is 12.2 Å². The second kappa shape index (κ2) is 7.82. The third kappa shape index (κ3) is 4.66. The maximum absolute atomic E-state index is 13.4. The second-order valence-corrected chi connectivity index (χ2v) is 6.38. The molecule has 3 nitrogen and oxygen atoms in total. The molecule has 1 N–H and O–H groups in total. The standard InChI is InChI=1S/C18H17ClF4N2O/c19-16-11-13(20)3-6-15(16)17(25-9-7-24-8-10-25)12-1-4-14(5-2-12)26-18(21,22)23/h1-6,11,17,24H,7-10H2/t17-/m1/s1. The van der Waals surface area contributed by atoms with Crippen LogP contribution in [0.25, 0.3) is 0 Å². The molecule has 0 saturated carbocycles. The van der Waals surface area contributed by atoms with Gasteiger partial charge in [0.2, 0.25) is 0 Å². The Morgan fingerprint density at radius 2 is 1.69 bits per heavy atom. The summed E-state index contributed by atoms with van der Waals surface area (Å²) in [5.74, 6) is -0.725. The zero-order valence-electron chi connectivity index (χ0n) is 13.7. The van der Waals surface area contributed by atoms with E-state index in [-0.39, 0.29) is 16.8 Å². The van der Waals surface area contributed by atoms with E-state index >= 15 is 0 Å². The van der Waals surface area contributed by atoms with Crippen LogP contribution >= 0.6 is 11.6 Å². The number of nitrogens with zero attached hydrogens (tertiary/aromatic N) is 1. The van der Waals surface area contributed by atoms with Gasteiger partial charge in [-0.2, -0.15) is 0 Å². The van der Waals surface area contributed by atoms with E-state index in [0.29, 0.717) is 5.56 Å². The Morgan fingerprint density at radius 1 is 1.04 bits per heavy atom. The summed E-state index contributed by atoms with van der Waals surface area (Å²) in [4.78, 5) is 2.16. The molecule has 0 spiro atoms. The quantitative estimate of drug-likeness (QED) is 0.787. The van der Waals surface area contributed by atoms with Crippen LogP contribution in [0.4, 0.5) is 17.6 Å². The predicted molar refractivity (Wildman–Crippen MR) is 90.8 cm³/mol. The SMILES string of the molecule is Fc1ccc([C@@H](c2ccc(OC(F)(F)F)cc2)N2CCNCC2)c(Cl)c1. The molecule has 1 aliphatic rings. The average molecular weight is 389 g/mol. The predicted octanol–water partition coefficient (Wildman–Crippen LogP) is 4.37. The van der Waals surface area contributed by atoms with Crippen LogP contribution in [0.3, 0.4) is 0 Å². The van der Waals surface area contributed by atoms with Crippen molar-refractivity contribution >= 4 is 11.6 Å². The second-order valence-electron chi connectivity index (χ2n) is 5.97. The Hall–Kier alpha value is -1.83. The molecule has 0 bridgehead atoms. The summed E-state index contributed by atoms with van der Waals surface area (Å²) in [6, 6.07) is 9.60. The molecule has 2 aromatic rings. The van der Waals surface area contributed by atoms with E-state index in [9.17, 15) is 17.6 Å². The van der Waals surface area contributed by atoms with Gasteiger partial charge in [-0.1, -0.05) is 29.8 Å². The summed E-state index contributed by atoms with van der Waals surface area (Å²) in [6.45, 7) is 3.04. The minimum atomic E-state index is -4.74. The first-order valence-corrected chi connectivity index (χ1v) is 8.47. The van der Waals surface area contributed by atoms with Gasteiger partial charge < -0.3 is 10.1 Å². The fraction of sp³-hybridized carbons (Fsp3) is 0.333. The molecule has 1 atom stereocenters. The first kappa shape index (κ1) is 18.9. The highest BCUT2D eigenvalue weighted by atomic mass is 35.5. The molecule has 1 fully saturated rings. The Morgan fingerprint density at radius 3 is 2.27 bits per heavy atom. The molecule has 1 heterocycles. The van der Waals surface area contributed by atoms with Crippen molar-refractivity contribution in [1.82, 2.24) is 10.2 Å². The lowest BCUT2D eigenvalue weighted by Gasteiger charge is -2.36. The Kier molecular flexibility index (Phi) is 5.70. The van der Waals surface area contributed by atoms with Crippen LogP contribution in [0.1, 0.15) is 17.2 Å². The summed E-state index contributed by atoms with van der Waals surface area (Å²) >= 11 is 6.26. The molecule has 1 aliphatic heterocycles. The molecule has 2 aromatic carbocycles. The van der Waals surface area contributed by atoms with E-state index in [0.717, 1.165) is 31.7 Å². The van der Waals surface area contributed by atoms with Gasteiger partial charge in [-0.25, -0.2) is 4.39 Å². The third-order valence-electron chi connectivity index (χ3n) is 4.20. The minimum absolute atomic E-state index is 0.282. The Balaban J connectivity index is 1.95. The van der Waals surface area contributed by atoms with Gasteiger partial charge in [0.05, 0.1) is 6.04 Å². The zero-order valence-corrected chi connectivity index (χ0v) is 14.4. The Labute approximate surface area is 153 Å².